The van der Waals surface area contributed by atoms with E-state index in [9.17, 15) is 4.79 Å². The minimum atomic E-state index is -0.265. The van der Waals surface area contributed by atoms with Gasteiger partial charge < -0.3 is 14.0 Å². The maximum absolute atomic E-state index is 12.3. The van der Waals surface area contributed by atoms with Gasteiger partial charge in [0.1, 0.15) is 6.61 Å². The highest BCUT2D eigenvalue weighted by Gasteiger charge is 2.12. The lowest BCUT2D eigenvalue weighted by molar-refractivity contribution is -0.118. The van der Waals surface area contributed by atoms with E-state index in [1.54, 1.807) is 31.4 Å². The van der Waals surface area contributed by atoms with Crippen LogP contribution in [0.15, 0.2) is 77.0 Å². The molecule has 0 unspecified atom stereocenters. The molecule has 37 heavy (non-hydrogen) atoms. The number of benzene rings is 3. The number of carbonyl (C=O) groups is 1. The Labute approximate surface area is 228 Å². The Morgan fingerprint density at radius 2 is 1.86 bits per heavy atom. The summed E-state index contributed by atoms with van der Waals surface area (Å²) >= 11 is 13.3. The number of hydrogen-bond donors (Lipinski definition) is 1. The summed E-state index contributed by atoms with van der Waals surface area (Å²) in [5.74, 6) is 1.70. The number of amides is 1. The number of carbonyl (C=O) groups excluding carboxylic acids is 1. The Morgan fingerprint density at radius 3 is 2.62 bits per heavy atom. The van der Waals surface area contributed by atoms with Crippen LogP contribution in [0.4, 0.5) is 0 Å². The van der Waals surface area contributed by atoms with Gasteiger partial charge in [-0.1, -0.05) is 71.4 Å². The third-order valence-corrected chi connectivity index (χ3v) is 6.93. The number of thioether (sulfide) groups is 1. The van der Waals surface area contributed by atoms with Crippen molar-refractivity contribution in [2.24, 2.45) is 12.1 Å². The molecule has 1 aromatic heterocycles. The molecule has 190 valence electrons. The van der Waals surface area contributed by atoms with Crippen LogP contribution in [0.2, 0.25) is 10.0 Å². The van der Waals surface area contributed by atoms with Crippen LogP contribution >= 0.6 is 35.0 Å². The van der Waals surface area contributed by atoms with E-state index >= 15 is 0 Å². The molecule has 0 saturated heterocycles. The molecule has 1 N–H and O–H groups in total. The van der Waals surface area contributed by atoms with Crippen LogP contribution in [0, 0.1) is 0 Å². The monoisotopic (exact) mass is 555 g/mol. The van der Waals surface area contributed by atoms with Crippen molar-refractivity contribution in [2.75, 3.05) is 12.9 Å². The first-order valence-electron chi connectivity index (χ1n) is 11.1. The molecule has 3 aromatic carbocycles. The van der Waals surface area contributed by atoms with Gasteiger partial charge in [-0.05, 0) is 41.5 Å². The van der Waals surface area contributed by atoms with Crippen LogP contribution in [0.5, 0.6) is 11.5 Å². The average Bonchev–Trinajstić information content (AvgIpc) is 3.29. The number of nitrogens with zero attached hydrogens (tertiary/aromatic N) is 4. The van der Waals surface area contributed by atoms with E-state index in [0.717, 1.165) is 22.5 Å². The number of methoxy groups -OCH3 is 1. The van der Waals surface area contributed by atoms with Gasteiger partial charge in [0.2, 0.25) is 0 Å². The first-order valence-corrected chi connectivity index (χ1v) is 12.8. The quantitative estimate of drug-likeness (QED) is 0.155. The molecule has 0 aliphatic rings. The summed E-state index contributed by atoms with van der Waals surface area (Å²) in [5.41, 5.74) is 5.09. The minimum Gasteiger partial charge on any atom is -0.493 e. The molecule has 0 spiro atoms. The summed E-state index contributed by atoms with van der Waals surface area (Å²) in [6.45, 7) is 0.298. The Bertz CT molecular complexity index is 1410. The van der Waals surface area contributed by atoms with Gasteiger partial charge in [-0.15, -0.1) is 10.2 Å². The summed E-state index contributed by atoms with van der Waals surface area (Å²) in [7, 11) is 3.42. The van der Waals surface area contributed by atoms with Crippen molar-refractivity contribution in [2.45, 2.75) is 11.8 Å². The van der Waals surface area contributed by atoms with Gasteiger partial charge in [0.05, 0.1) is 29.1 Å². The zero-order valence-corrected chi connectivity index (χ0v) is 22.3. The third-order valence-electron chi connectivity index (χ3n) is 5.17. The van der Waals surface area contributed by atoms with Crippen molar-refractivity contribution >= 4 is 47.1 Å². The summed E-state index contributed by atoms with van der Waals surface area (Å²) in [6, 6.07) is 20.4. The fourth-order valence-corrected chi connectivity index (χ4v) is 4.32. The summed E-state index contributed by atoms with van der Waals surface area (Å²) in [4.78, 5) is 12.3. The van der Waals surface area contributed by atoms with Crippen LogP contribution < -0.4 is 14.9 Å². The third kappa shape index (κ3) is 7.03. The molecule has 0 fully saturated rings. The van der Waals surface area contributed by atoms with Crippen molar-refractivity contribution < 1.29 is 14.3 Å². The lowest BCUT2D eigenvalue weighted by Crippen LogP contribution is -2.19. The van der Waals surface area contributed by atoms with E-state index in [2.05, 4.69) is 20.7 Å². The maximum atomic E-state index is 12.3. The van der Waals surface area contributed by atoms with Crippen LogP contribution in [0.3, 0.4) is 0 Å². The average molecular weight is 556 g/mol. The van der Waals surface area contributed by atoms with Gasteiger partial charge in [0.15, 0.2) is 22.5 Å². The van der Waals surface area contributed by atoms with Gasteiger partial charge in [-0.25, -0.2) is 5.43 Å². The van der Waals surface area contributed by atoms with E-state index in [1.165, 1.54) is 18.0 Å². The first kappa shape index (κ1) is 26.5. The van der Waals surface area contributed by atoms with Crippen LogP contribution in [0.25, 0.3) is 11.4 Å². The van der Waals surface area contributed by atoms with Crippen LogP contribution in [0.1, 0.15) is 11.1 Å². The van der Waals surface area contributed by atoms with Crippen LogP contribution in [-0.2, 0) is 18.4 Å². The lowest BCUT2D eigenvalue weighted by Gasteiger charge is -2.11. The van der Waals surface area contributed by atoms with E-state index in [1.807, 2.05) is 54.1 Å². The highest BCUT2D eigenvalue weighted by atomic mass is 35.5. The van der Waals surface area contributed by atoms with Gasteiger partial charge in [0.25, 0.3) is 5.91 Å². The molecule has 0 atom stereocenters. The second-order valence-electron chi connectivity index (χ2n) is 7.76. The molecule has 0 bridgehead atoms. The van der Waals surface area contributed by atoms with Gasteiger partial charge in [-0.2, -0.15) is 5.10 Å². The summed E-state index contributed by atoms with van der Waals surface area (Å²) in [6.07, 6.45) is 1.53. The molecule has 8 nitrogen and oxygen atoms in total. The molecule has 0 aliphatic heterocycles. The molecule has 4 rings (SSSR count). The van der Waals surface area contributed by atoms with Crippen LogP contribution in [-0.4, -0.2) is 39.7 Å². The second kappa shape index (κ2) is 12.6. The molecule has 0 aliphatic carbocycles. The lowest BCUT2D eigenvalue weighted by atomic mass is 10.2. The molecule has 4 aromatic rings. The predicted molar refractivity (Wildman–Crippen MR) is 147 cm³/mol. The molecular weight excluding hydrogens is 533 g/mol. The number of rotatable bonds is 10. The highest BCUT2D eigenvalue weighted by molar-refractivity contribution is 7.99. The Balaban J connectivity index is 1.29. The summed E-state index contributed by atoms with van der Waals surface area (Å²) < 4.78 is 13.2. The zero-order valence-electron chi connectivity index (χ0n) is 20.0. The van der Waals surface area contributed by atoms with Gasteiger partial charge in [-0.3, -0.25) is 4.79 Å². The predicted octanol–water partition coefficient (Wildman–Crippen LogP) is 5.62. The largest absolute Gasteiger partial charge is 0.493 e. The number of aromatic nitrogens is 3. The van der Waals surface area contributed by atoms with Crippen molar-refractivity contribution in [1.82, 2.24) is 20.2 Å². The van der Waals surface area contributed by atoms with E-state index in [4.69, 9.17) is 32.7 Å². The Morgan fingerprint density at radius 1 is 1.05 bits per heavy atom. The fraction of sp³-hybridized carbons (Fsp3) is 0.154. The van der Waals surface area contributed by atoms with Crippen molar-refractivity contribution in [3.8, 4) is 22.9 Å². The number of nitrogens with one attached hydrogen (secondary N) is 1. The van der Waals surface area contributed by atoms with Gasteiger partial charge in [0, 0.05) is 12.6 Å². The van der Waals surface area contributed by atoms with E-state index in [-0.39, 0.29) is 11.7 Å². The van der Waals surface area contributed by atoms with E-state index < -0.39 is 0 Å². The normalized spacial score (nSPS) is 11.0. The Kier molecular flexibility index (Phi) is 9.05. The highest BCUT2D eigenvalue weighted by Crippen LogP contribution is 2.29. The molecule has 1 heterocycles. The van der Waals surface area contributed by atoms with E-state index in [0.29, 0.717) is 33.3 Å². The van der Waals surface area contributed by atoms with Crippen molar-refractivity contribution in [3.05, 3.63) is 87.9 Å². The maximum Gasteiger partial charge on any atom is 0.250 e. The summed E-state index contributed by atoms with van der Waals surface area (Å²) in [5, 5.41) is 14.0. The SMILES string of the molecule is COc1cc(/C=N/NC(=O)CSc2nnc(-c3ccccc3)n2C)ccc1OCc1ccc(Cl)c(Cl)c1. The minimum absolute atomic E-state index is 0.142. The number of hydrazone groups is 1. The molecule has 11 heteroatoms. The number of hydrogen-bond acceptors (Lipinski definition) is 7. The number of ether oxygens (including phenoxy) is 2. The van der Waals surface area contributed by atoms with Gasteiger partial charge >= 0.3 is 0 Å². The molecule has 1 amide bonds. The molecular formula is C26H23Cl2N5O3S. The number of halogens is 2. The van der Waals surface area contributed by atoms with Crippen molar-refractivity contribution in [3.63, 3.8) is 0 Å². The van der Waals surface area contributed by atoms with Crippen molar-refractivity contribution in [1.29, 1.82) is 0 Å². The second-order valence-corrected chi connectivity index (χ2v) is 9.52. The fourth-order valence-electron chi connectivity index (χ4n) is 3.29. The first-order chi connectivity index (χ1) is 17.9. The molecule has 0 radical (unpaired) electrons. The topological polar surface area (TPSA) is 90.6 Å². The Hall–Kier alpha value is -3.53. The smallest absolute Gasteiger partial charge is 0.250 e. The molecule has 0 saturated carbocycles. The zero-order chi connectivity index (χ0) is 26.2. The standard InChI is InChI=1S/C26H23Cl2N5O3S/c1-33-25(19-6-4-3-5-7-19)31-32-26(33)37-16-24(34)30-29-14-17-9-11-22(23(13-17)35-2)36-15-18-8-10-20(27)21(28)12-18/h3-14H,15-16H2,1-2H3,(H,30,34)/b29-14+.